The van der Waals surface area contributed by atoms with Gasteiger partial charge in [-0.1, -0.05) is 19.1 Å². The van der Waals surface area contributed by atoms with Crippen LogP contribution in [0.4, 0.5) is 5.95 Å². The molecule has 1 atom stereocenters. The summed E-state index contributed by atoms with van der Waals surface area (Å²) in [6.45, 7) is 3.26. The van der Waals surface area contributed by atoms with E-state index in [1.165, 1.54) is 0 Å². The summed E-state index contributed by atoms with van der Waals surface area (Å²) in [5.41, 5.74) is 0.357. The first-order valence-corrected chi connectivity index (χ1v) is 7.21. The molecular formula is C15H19N3O3. The van der Waals surface area contributed by atoms with Crippen LogP contribution in [0.3, 0.4) is 0 Å². The molecule has 6 nitrogen and oxygen atoms in total. The summed E-state index contributed by atoms with van der Waals surface area (Å²) in [5, 5.41) is 13.0. The van der Waals surface area contributed by atoms with Crippen LogP contribution >= 0.6 is 0 Å². The lowest BCUT2D eigenvalue weighted by Gasteiger charge is -2.19. The lowest BCUT2D eigenvalue weighted by molar-refractivity contribution is -0.133. The molecule has 0 spiro atoms. The zero-order valence-electron chi connectivity index (χ0n) is 12.0. The lowest BCUT2D eigenvalue weighted by Crippen LogP contribution is -2.43. The van der Waals surface area contributed by atoms with Crippen molar-refractivity contribution in [1.82, 2.24) is 9.55 Å². The Hall–Kier alpha value is -1.92. The first kappa shape index (κ1) is 14.0. The largest absolute Gasteiger partial charge is 0.378 e. The van der Waals surface area contributed by atoms with E-state index in [0.717, 1.165) is 24.0 Å². The molecular weight excluding hydrogens is 270 g/mol. The first-order chi connectivity index (χ1) is 10.1. The molecule has 2 aromatic rings. The molecule has 1 saturated heterocycles. The fourth-order valence-corrected chi connectivity index (χ4v) is 2.57. The predicted octanol–water partition coefficient (Wildman–Crippen LogP) is 1.54. The average Bonchev–Trinajstić information content (AvgIpc) is 3.06. The molecule has 0 radical (unpaired) electrons. The summed E-state index contributed by atoms with van der Waals surface area (Å²) in [7, 11) is 0. The van der Waals surface area contributed by atoms with E-state index >= 15 is 0 Å². The van der Waals surface area contributed by atoms with Crippen LogP contribution in [-0.2, 0) is 16.1 Å². The Kier molecular flexibility index (Phi) is 3.65. The molecule has 1 aromatic heterocycles. The summed E-state index contributed by atoms with van der Waals surface area (Å²) in [6.07, 6.45) is 1.24. The summed E-state index contributed by atoms with van der Waals surface area (Å²) < 4.78 is 7.08. The predicted molar refractivity (Wildman–Crippen MR) is 79.0 cm³/mol. The Morgan fingerprint density at radius 2 is 2.33 bits per heavy atom. The number of amides is 1. The van der Waals surface area contributed by atoms with Crippen LogP contribution in [0.1, 0.15) is 19.8 Å². The van der Waals surface area contributed by atoms with E-state index in [1.807, 2.05) is 28.8 Å². The third-order valence-electron chi connectivity index (χ3n) is 3.75. The molecule has 112 valence electrons. The number of nitrogens with one attached hydrogen (secondary N) is 1. The number of carbonyl (C=O) groups excluding carboxylic acids is 1. The molecule has 0 aliphatic carbocycles. The maximum atomic E-state index is 12.3. The zero-order chi connectivity index (χ0) is 14.9. The lowest BCUT2D eigenvalue weighted by atomic mass is 10.0. The molecule has 2 N–H and O–H groups in total. The molecule has 1 aliphatic heterocycles. The quantitative estimate of drug-likeness (QED) is 0.895. The number of para-hydroxylation sites is 2. The maximum Gasteiger partial charge on any atom is 0.261 e. The smallest absolute Gasteiger partial charge is 0.261 e. The summed E-state index contributed by atoms with van der Waals surface area (Å²) in [5.74, 6) is 0.0241. The van der Waals surface area contributed by atoms with Crippen molar-refractivity contribution in [1.29, 1.82) is 0 Å². The van der Waals surface area contributed by atoms with E-state index in [4.69, 9.17) is 4.74 Å². The van der Waals surface area contributed by atoms with Crippen molar-refractivity contribution in [2.24, 2.45) is 0 Å². The molecule has 1 aliphatic rings. The van der Waals surface area contributed by atoms with Gasteiger partial charge in [0.25, 0.3) is 5.91 Å². The topological polar surface area (TPSA) is 76.4 Å². The van der Waals surface area contributed by atoms with E-state index in [2.05, 4.69) is 17.2 Å². The number of aryl methyl sites for hydroxylation is 1. The van der Waals surface area contributed by atoms with E-state index < -0.39 is 11.5 Å². The Labute approximate surface area is 122 Å². The molecule has 0 saturated carbocycles. The van der Waals surface area contributed by atoms with Gasteiger partial charge in [0.1, 0.15) is 0 Å². The van der Waals surface area contributed by atoms with Gasteiger partial charge in [-0.2, -0.15) is 0 Å². The highest BCUT2D eigenvalue weighted by Crippen LogP contribution is 2.23. The Morgan fingerprint density at radius 3 is 3.05 bits per heavy atom. The van der Waals surface area contributed by atoms with E-state index in [1.54, 1.807) is 0 Å². The molecule has 1 amide bonds. The number of aliphatic hydroxyl groups is 1. The van der Waals surface area contributed by atoms with Crippen molar-refractivity contribution in [3.8, 4) is 0 Å². The Morgan fingerprint density at radius 1 is 1.52 bits per heavy atom. The SMILES string of the molecule is CCCn1c(NC(=O)C2(O)CCOC2)nc2ccccc21. The Balaban J connectivity index is 1.92. The summed E-state index contributed by atoms with van der Waals surface area (Å²) in [6, 6.07) is 7.74. The van der Waals surface area contributed by atoms with Gasteiger partial charge in [-0.15, -0.1) is 0 Å². The van der Waals surface area contributed by atoms with Crippen LogP contribution in [0, 0.1) is 0 Å². The summed E-state index contributed by atoms with van der Waals surface area (Å²) >= 11 is 0. The van der Waals surface area contributed by atoms with E-state index in [-0.39, 0.29) is 6.61 Å². The first-order valence-electron chi connectivity index (χ1n) is 7.21. The number of ether oxygens (including phenoxy) is 1. The number of carbonyl (C=O) groups is 1. The molecule has 3 rings (SSSR count). The Bertz CT molecular complexity index is 659. The van der Waals surface area contributed by atoms with Crippen molar-refractivity contribution < 1.29 is 14.6 Å². The number of hydrogen-bond acceptors (Lipinski definition) is 4. The molecule has 21 heavy (non-hydrogen) atoms. The highest BCUT2D eigenvalue weighted by Gasteiger charge is 2.40. The van der Waals surface area contributed by atoms with Gasteiger partial charge in [0.05, 0.1) is 24.2 Å². The number of anilines is 1. The second kappa shape index (κ2) is 5.46. The van der Waals surface area contributed by atoms with Gasteiger partial charge >= 0.3 is 0 Å². The van der Waals surface area contributed by atoms with Gasteiger partial charge in [0, 0.05) is 13.0 Å². The van der Waals surface area contributed by atoms with Crippen molar-refractivity contribution in [3.63, 3.8) is 0 Å². The standard InChI is InChI=1S/C15H19N3O3/c1-2-8-18-12-6-4-3-5-11(12)16-14(18)17-13(19)15(20)7-9-21-10-15/h3-6,20H,2,7-10H2,1H3,(H,16,17,19). The molecule has 1 aromatic carbocycles. The molecule has 2 heterocycles. The van der Waals surface area contributed by atoms with Gasteiger partial charge in [-0.25, -0.2) is 4.98 Å². The molecule has 1 unspecified atom stereocenters. The number of benzene rings is 1. The number of rotatable bonds is 4. The second-order valence-corrected chi connectivity index (χ2v) is 5.36. The zero-order valence-corrected chi connectivity index (χ0v) is 12.0. The number of nitrogens with zero attached hydrogens (tertiary/aromatic N) is 2. The molecule has 1 fully saturated rings. The number of hydrogen-bond donors (Lipinski definition) is 2. The van der Waals surface area contributed by atoms with Crippen LogP contribution in [0.5, 0.6) is 0 Å². The summed E-state index contributed by atoms with van der Waals surface area (Å²) in [4.78, 5) is 16.7. The highest BCUT2D eigenvalue weighted by atomic mass is 16.5. The van der Waals surface area contributed by atoms with Crippen molar-refractivity contribution >= 4 is 22.9 Å². The van der Waals surface area contributed by atoms with Gasteiger partial charge in [0.15, 0.2) is 5.60 Å². The van der Waals surface area contributed by atoms with Crippen molar-refractivity contribution in [2.45, 2.75) is 31.9 Å². The van der Waals surface area contributed by atoms with Crippen LogP contribution in [0.15, 0.2) is 24.3 Å². The normalized spacial score (nSPS) is 21.8. The fourth-order valence-electron chi connectivity index (χ4n) is 2.57. The highest BCUT2D eigenvalue weighted by molar-refractivity contribution is 5.97. The number of fused-ring (bicyclic) bond motifs is 1. The van der Waals surface area contributed by atoms with Crippen LogP contribution in [0.2, 0.25) is 0 Å². The van der Waals surface area contributed by atoms with Gasteiger partial charge in [0.2, 0.25) is 5.95 Å². The monoisotopic (exact) mass is 289 g/mol. The van der Waals surface area contributed by atoms with Gasteiger partial charge in [-0.05, 0) is 18.6 Å². The minimum absolute atomic E-state index is 0.0346. The fraction of sp³-hybridized carbons (Fsp3) is 0.467. The number of aromatic nitrogens is 2. The number of imidazole rings is 1. The van der Waals surface area contributed by atoms with Crippen molar-refractivity contribution in [3.05, 3.63) is 24.3 Å². The van der Waals surface area contributed by atoms with Crippen LogP contribution < -0.4 is 5.32 Å². The minimum atomic E-state index is -1.45. The maximum absolute atomic E-state index is 12.3. The minimum Gasteiger partial charge on any atom is -0.378 e. The third kappa shape index (κ3) is 2.52. The van der Waals surface area contributed by atoms with Crippen LogP contribution in [0.25, 0.3) is 11.0 Å². The molecule has 0 bridgehead atoms. The third-order valence-corrected chi connectivity index (χ3v) is 3.75. The van der Waals surface area contributed by atoms with E-state index in [9.17, 15) is 9.90 Å². The van der Waals surface area contributed by atoms with E-state index in [0.29, 0.717) is 19.0 Å². The average molecular weight is 289 g/mol. The van der Waals surface area contributed by atoms with Crippen molar-refractivity contribution in [2.75, 3.05) is 18.5 Å². The van der Waals surface area contributed by atoms with Crippen LogP contribution in [-0.4, -0.2) is 39.4 Å². The van der Waals surface area contributed by atoms with Gasteiger partial charge in [-0.3, -0.25) is 10.1 Å². The second-order valence-electron chi connectivity index (χ2n) is 5.36. The molecule has 6 heteroatoms. The van der Waals surface area contributed by atoms with Gasteiger partial charge < -0.3 is 14.4 Å².